The quantitative estimate of drug-likeness (QED) is 0.666. The minimum atomic E-state index is 1.09. The molecule has 1 aromatic heterocycles. The van der Waals surface area contributed by atoms with E-state index < -0.39 is 0 Å². The summed E-state index contributed by atoms with van der Waals surface area (Å²) >= 11 is 6.00. The van der Waals surface area contributed by atoms with Gasteiger partial charge in [0.1, 0.15) is 0 Å². The van der Waals surface area contributed by atoms with Crippen molar-refractivity contribution in [2.75, 3.05) is 0 Å². The molecule has 4 heteroatoms. The molecule has 0 saturated heterocycles. The molecule has 11 heavy (non-hydrogen) atoms. The van der Waals surface area contributed by atoms with E-state index >= 15 is 0 Å². The van der Waals surface area contributed by atoms with Gasteiger partial charge in [0.25, 0.3) is 0 Å². The molecular weight excluding hydrogens is 317 g/mol. The van der Waals surface area contributed by atoms with Crippen LogP contribution < -0.4 is 0 Å². The molecule has 0 spiro atoms. The van der Waals surface area contributed by atoms with Crippen molar-refractivity contribution in [2.45, 2.75) is 13.8 Å². The van der Waals surface area contributed by atoms with E-state index in [-0.39, 0.29) is 0 Å². The number of halogens is 2. The second-order valence-corrected chi connectivity index (χ2v) is 6.95. The van der Waals surface area contributed by atoms with Crippen molar-refractivity contribution in [1.29, 1.82) is 0 Å². The number of nitrogens with zero attached hydrogens (tertiary/aromatic N) is 1. The van der Waals surface area contributed by atoms with Gasteiger partial charge in [0.05, 0.1) is 0 Å². The number of hydrogen-bond acceptors (Lipinski definition) is 1. The van der Waals surface area contributed by atoms with E-state index in [1.54, 1.807) is 0 Å². The third kappa shape index (κ3) is 6.98. The Labute approximate surface area is 87.3 Å². The fourth-order valence-corrected chi connectivity index (χ4v) is 0.679. The molecule has 0 atom stereocenters. The Hall–Kier alpha value is 0.604. The number of aryl methyl sites for hydroxylation is 2. The normalized spacial score (nSPS) is 8.73. The average molecular weight is 326 g/mol. The zero-order chi connectivity index (χ0) is 8.69. The number of hydrogen-bond donors (Lipinski definition) is 0. The van der Waals surface area contributed by atoms with Crippen LogP contribution in [0.15, 0.2) is 18.2 Å². The van der Waals surface area contributed by atoms with Crippen LogP contribution in [-0.2, 0) is 10.9 Å². The van der Waals surface area contributed by atoms with Crippen LogP contribution >= 0.6 is 28.5 Å². The Morgan fingerprint density at radius 2 is 1.55 bits per heavy atom. The Kier molecular flexibility index (Phi) is 7.66. The summed E-state index contributed by atoms with van der Waals surface area (Å²) < 4.78 is 0. The van der Waals surface area contributed by atoms with E-state index in [2.05, 4.69) is 33.4 Å². The minimum absolute atomic E-state index is 1.09. The molecule has 0 aliphatic heterocycles. The number of aromatic nitrogens is 1. The molecule has 0 aromatic carbocycles. The summed E-state index contributed by atoms with van der Waals surface area (Å²) in [5.74, 6) is 0. The molecule has 66 valence electrons. The summed E-state index contributed by atoms with van der Waals surface area (Å²) in [5.41, 5.74) is 2.18. The summed E-state index contributed by atoms with van der Waals surface area (Å²) in [4.78, 5) is 4.17. The molecule has 1 aromatic rings. The first-order valence-electron chi connectivity index (χ1n) is 2.93. The molecule has 0 bridgehead atoms. The third-order valence-electron chi connectivity index (χ3n) is 1.03. The topological polar surface area (TPSA) is 12.9 Å². The van der Waals surface area contributed by atoms with E-state index in [4.69, 9.17) is 0 Å². The summed E-state index contributed by atoms with van der Waals surface area (Å²) in [7, 11) is 1.25. The van der Waals surface area contributed by atoms with Gasteiger partial charge in [-0.25, -0.2) is 0 Å². The summed E-state index contributed by atoms with van der Waals surface area (Å²) in [5, 5.41) is 0. The van der Waals surface area contributed by atoms with Crippen LogP contribution in [0.4, 0.5) is 0 Å². The maximum atomic E-state index is 4.17. The molecule has 0 fully saturated rings. The van der Waals surface area contributed by atoms with Gasteiger partial charge < -0.3 is 0 Å². The van der Waals surface area contributed by atoms with Crippen molar-refractivity contribution in [3.05, 3.63) is 29.6 Å². The average Bonchev–Trinajstić information content (AvgIpc) is 1.88. The van der Waals surface area contributed by atoms with Crippen molar-refractivity contribution in [3.8, 4) is 0 Å². The Bertz CT molecular complexity index is 188. The molecule has 1 rings (SSSR count). The van der Waals surface area contributed by atoms with Crippen molar-refractivity contribution < 1.29 is 10.9 Å². The van der Waals surface area contributed by atoms with Gasteiger partial charge in [-0.15, -0.1) is 0 Å². The number of pyridine rings is 1. The van der Waals surface area contributed by atoms with Gasteiger partial charge in [-0.1, -0.05) is 6.07 Å². The van der Waals surface area contributed by atoms with Gasteiger partial charge in [-0.3, -0.25) is 4.98 Å². The first-order valence-corrected chi connectivity index (χ1v) is 7.81. The van der Waals surface area contributed by atoms with E-state index in [9.17, 15) is 0 Å². The third-order valence-corrected chi connectivity index (χ3v) is 1.03. The first kappa shape index (κ1) is 11.6. The van der Waals surface area contributed by atoms with Crippen molar-refractivity contribution >= 4 is 28.5 Å². The molecule has 0 N–H and O–H groups in total. The van der Waals surface area contributed by atoms with Gasteiger partial charge in [0.15, 0.2) is 0 Å². The first-order chi connectivity index (χ1) is 5.20. The fraction of sp³-hybridized carbons (Fsp3) is 0.286. The van der Waals surface area contributed by atoms with Gasteiger partial charge in [0, 0.05) is 11.4 Å². The fourth-order valence-electron chi connectivity index (χ4n) is 0.679. The van der Waals surface area contributed by atoms with Crippen molar-refractivity contribution in [2.24, 2.45) is 0 Å². The molecule has 1 heterocycles. The Balaban J connectivity index is 0.000000292. The second-order valence-electron chi connectivity index (χ2n) is 1.97. The van der Waals surface area contributed by atoms with Crippen LogP contribution in [0.3, 0.4) is 0 Å². The van der Waals surface area contributed by atoms with Crippen LogP contribution in [-0.4, -0.2) is 4.98 Å². The molecule has 0 saturated carbocycles. The van der Waals surface area contributed by atoms with Gasteiger partial charge in [0.2, 0.25) is 0 Å². The van der Waals surface area contributed by atoms with E-state index in [1.807, 2.05) is 32.0 Å². The molecule has 1 nitrogen and oxygen atoms in total. The molecule has 0 amide bonds. The molecule has 0 radical (unpaired) electrons. The molecular formula is C7H9Br2NNi. The van der Waals surface area contributed by atoms with E-state index in [0.717, 1.165) is 11.4 Å². The Morgan fingerprint density at radius 1 is 1.18 bits per heavy atom. The predicted octanol–water partition coefficient (Wildman–Crippen LogP) is 3.39. The van der Waals surface area contributed by atoms with Gasteiger partial charge in [-0.05, 0) is 26.0 Å². The zero-order valence-electron chi connectivity index (χ0n) is 6.25. The van der Waals surface area contributed by atoms with Crippen LogP contribution in [0, 0.1) is 13.8 Å². The van der Waals surface area contributed by atoms with Gasteiger partial charge in [-0.2, -0.15) is 0 Å². The monoisotopic (exact) mass is 323 g/mol. The van der Waals surface area contributed by atoms with E-state index in [1.165, 1.54) is 10.9 Å². The molecule has 0 aliphatic carbocycles. The van der Waals surface area contributed by atoms with Crippen LogP contribution in [0.2, 0.25) is 0 Å². The summed E-state index contributed by atoms with van der Waals surface area (Å²) in [6, 6.07) is 6.00. The van der Waals surface area contributed by atoms with Crippen molar-refractivity contribution in [1.82, 2.24) is 4.98 Å². The molecule has 0 aliphatic rings. The predicted molar refractivity (Wildman–Crippen MR) is 51.6 cm³/mol. The van der Waals surface area contributed by atoms with Crippen LogP contribution in [0.1, 0.15) is 11.4 Å². The van der Waals surface area contributed by atoms with Crippen LogP contribution in [0.25, 0.3) is 0 Å². The summed E-state index contributed by atoms with van der Waals surface area (Å²) in [6.07, 6.45) is 0. The van der Waals surface area contributed by atoms with Gasteiger partial charge >= 0.3 is 39.3 Å². The Morgan fingerprint density at radius 3 is 1.73 bits per heavy atom. The number of rotatable bonds is 0. The van der Waals surface area contributed by atoms with Crippen molar-refractivity contribution in [3.63, 3.8) is 0 Å². The molecule has 0 unspecified atom stereocenters. The van der Waals surface area contributed by atoms with E-state index in [0.29, 0.717) is 0 Å². The maximum absolute atomic E-state index is 4.17. The second kappa shape index (κ2) is 7.26. The zero-order valence-corrected chi connectivity index (χ0v) is 10.4. The standard InChI is InChI=1S/C7H9N.2BrH.Ni/c1-6-4-3-5-7(2)8-6;;;/h3-5H,1-2H3;2*1H;/q;;;+2/p-2. The van der Waals surface area contributed by atoms with Crippen LogP contribution in [0.5, 0.6) is 0 Å². The SMILES string of the molecule is Cc1cccc(C)n1.[Br][Ni][Br]. The summed E-state index contributed by atoms with van der Waals surface area (Å²) in [6.45, 7) is 3.99.